The number of β-lactam (4-membered cyclic amide) rings is 1. The van der Waals surface area contributed by atoms with Gasteiger partial charge in [0.15, 0.2) is 0 Å². The Morgan fingerprint density at radius 3 is 1.94 bits per heavy atom. The summed E-state index contributed by atoms with van der Waals surface area (Å²) in [5.41, 5.74) is 1.26. The molecule has 0 saturated carbocycles. The van der Waals surface area contributed by atoms with Crippen molar-refractivity contribution in [2.45, 2.75) is 24.2 Å². The molecule has 5 aromatic carbocycles. The lowest BCUT2D eigenvalue weighted by Crippen LogP contribution is -2.68. The fourth-order valence-electron chi connectivity index (χ4n) is 5.61. The van der Waals surface area contributed by atoms with Gasteiger partial charge in [-0.2, -0.15) is 0 Å². The third-order valence-corrected chi connectivity index (χ3v) is 7.27. The molecule has 1 aliphatic rings. The Balaban J connectivity index is 1.51. The van der Waals surface area contributed by atoms with Crippen LogP contribution in [0.15, 0.2) is 133 Å². The molecule has 0 bridgehead atoms. The maximum Gasteiger partial charge on any atom is 0.264 e. The van der Waals surface area contributed by atoms with Gasteiger partial charge < -0.3 is 4.90 Å². The van der Waals surface area contributed by atoms with Crippen molar-refractivity contribution in [2.75, 3.05) is 0 Å². The van der Waals surface area contributed by atoms with E-state index in [9.17, 15) is 4.79 Å². The molecule has 176 valence electrons. The Labute approximate surface area is 210 Å². The average molecular weight is 472 g/mol. The first-order valence-corrected chi connectivity index (χ1v) is 12.3. The molecule has 5 aromatic rings. The molecule has 0 aromatic heterocycles. The number of halogens is 1. The number of nitrogens with zero attached hydrogens (tertiary/aromatic N) is 1. The Bertz CT molecular complexity index is 1500. The molecule has 1 saturated heterocycles. The number of rotatable bonds is 6. The van der Waals surface area contributed by atoms with E-state index in [1.165, 1.54) is 0 Å². The minimum atomic E-state index is -2.13. The van der Waals surface area contributed by atoms with Crippen LogP contribution in [0.2, 0.25) is 0 Å². The van der Waals surface area contributed by atoms with Crippen molar-refractivity contribution in [1.29, 1.82) is 0 Å². The second-order valence-electron chi connectivity index (χ2n) is 9.45. The van der Waals surface area contributed by atoms with Gasteiger partial charge in [-0.1, -0.05) is 133 Å². The number of amides is 1. The van der Waals surface area contributed by atoms with E-state index < -0.39 is 23.5 Å². The second-order valence-corrected chi connectivity index (χ2v) is 9.45. The zero-order chi connectivity index (χ0) is 24.5. The molecule has 1 unspecified atom stereocenters. The van der Waals surface area contributed by atoms with Crippen LogP contribution in [0.4, 0.5) is 4.39 Å². The molecule has 0 spiro atoms. The summed E-state index contributed by atoms with van der Waals surface area (Å²) in [6, 6.07) is 42.3. The van der Waals surface area contributed by atoms with Crippen molar-refractivity contribution in [3.8, 4) is 0 Å². The standard InChI is InChI=1S/C33H26FNO/c34-33(30(26-15-6-2-7-16-26)29-21-20-25-14-10-11-19-28(25)22-29)31(27-17-8-3-9-18-27)35(32(33)36)23-24-12-4-1-5-13-24/h1-22,30-31H,23H2/t30?,31-,33+/m0/s1. The fraction of sp³-hybridized carbons (Fsp3) is 0.121. The number of alkyl halides is 1. The van der Waals surface area contributed by atoms with Crippen molar-refractivity contribution < 1.29 is 9.18 Å². The predicted octanol–water partition coefficient (Wildman–Crippen LogP) is 7.46. The van der Waals surface area contributed by atoms with Gasteiger partial charge in [0.25, 0.3) is 5.91 Å². The zero-order valence-corrected chi connectivity index (χ0v) is 19.8. The maximum absolute atomic E-state index is 17.6. The van der Waals surface area contributed by atoms with Crippen molar-refractivity contribution in [2.24, 2.45) is 0 Å². The van der Waals surface area contributed by atoms with E-state index in [1.807, 2.05) is 133 Å². The van der Waals surface area contributed by atoms with E-state index in [0.29, 0.717) is 6.54 Å². The summed E-state index contributed by atoms with van der Waals surface area (Å²) in [5.74, 6) is -1.21. The maximum atomic E-state index is 17.6. The number of hydrogen-bond acceptors (Lipinski definition) is 1. The van der Waals surface area contributed by atoms with Gasteiger partial charge in [0.05, 0.1) is 5.92 Å². The Kier molecular flexibility index (Phi) is 5.61. The molecular weight excluding hydrogens is 445 g/mol. The molecule has 0 radical (unpaired) electrons. The number of benzene rings is 5. The minimum absolute atomic E-state index is 0.365. The van der Waals surface area contributed by atoms with Crippen molar-refractivity contribution in [3.63, 3.8) is 0 Å². The number of carbonyl (C=O) groups excluding carboxylic acids is 1. The summed E-state index contributed by atoms with van der Waals surface area (Å²) in [5, 5.41) is 2.12. The summed E-state index contributed by atoms with van der Waals surface area (Å²) in [7, 11) is 0. The number of hydrogen-bond donors (Lipinski definition) is 0. The summed E-state index contributed by atoms with van der Waals surface area (Å²) in [4.78, 5) is 15.6. The van der Waals surface area contributed by atoms with Crippen LogP contribution >= 0.6 is 0 Å². The summed E-state index contributed by atoms with van der Waals surface area (Å²) in [6.07, 6.45) is 0. The van der Waals surface area contributed by atoms with Gasteiger partial charge in [-0.25, -0.2) is 4.39 Å². The second kappa shape index (κ2) is 9.09. The largest absolute Gasteiger partial charge is 0.325 e. The highest BCUT2D eigenvalue weighted by molar-refractivity contribution is 5.95. The Morgan fingerprint density at radius 1 is 0.667 bits per heavy atom. The zero-order valence-electron chi connectivity index (χ0n) is 19.8. The van der Waals surface area contributed by atoms with Gasteiger partial charge in [0.2, 0.25) is 5.67 Å². The third-order valence-electron chi connectivity index (χ3n) is 7.27. The van der Waals surface area contributed by atoms with Gasteiger partial charge in [-0.15, -0.1) is 0 Å². The highest BCUT2D eigenvalue weighted by atomic mass is 19.1. The molecule has 36 heavy (non-hydrogen) atoms. The van der Waals surface area contributed by atoms with Crippen molar-refractivity contribution in [1.82, 2.24) is 4.90 Å². The first kappa shape index (κ1) is 22.2. The highest BCUT2D eigenvalue weighted by Crippen LogP contribution is 2.56. The van der Waals surface area contributed by atoms with Crippen LogP contribution in [0, 0.1) is 0 Å². The van der Waals surface area contributed by atoms with E-state index in [1.54, 1.807) is 4.90 Å². The predicted molar refractivity (Wildman–Crippen MR) is 142 cm³/mol. The van der Waals surface area contributed by atoms with Crippen molar-refractivity contribution >= 4 is 16.7 Å². The summed E-state index contributed by atoms with van der Waals surface area (Å²) < 4.78 is 17.6. The van der Waals surface area contributed by atoms with Crippen LogP contribution in [0.25, 0.3) is 10.8 Å². The van der Waals surface area contributed by atoms with Gasteiger partial charge in [-0.3, -0.25) is 4.79 Å². The van der Waals surface area contributed by atoms with E-state index in [-0.39, 0.29) is 0 Å². The summed E-state index contributed by atoms with van der Waals surface area (Å²) >= 11 is 0. The molecular formula is C33H26FNO. The Morgan fingerprint density at radius 2 is 1.25 bits per heavy atom. The smallest absolute Gasteiger partial charge is 0.264 e. The monoisotopic (exact) mass is 471 g/mol. The quantitative estimate of drug-likeness (QED) is 0.235. The average Bonchev–Trinajstić information content (AvgIpc) is 2.94. The number of fused-ring (bicyclic) bond motifs is 1. The van der Waals surface area contributed by atoms with E-state index in [2.05, 4.69) is 0 Å². The van der Waals surface area contributed by atoms with E-state index >= 15 is 4.39 Å². The molecule has 1 fully saturated rings. The molecule has 1 heterocycles. The van der Waals surface area contributed by atoms with Crippen LogP contribution in [-0.4, -0.2) is 16.5 Å². The molecule has 3 heteroatoms. The molecule has 1 amide bonds. The third kappa shape index (κ3) is 3.68. The number of likely N-dealkylation sites (tertiary alicyclic amines) is 1. The molecule has 2 nitrogen and oxygen atoms in total. The topological polar surface area (TPSA) is 20.3 Å². The lowest BCUT2D eigenvalue weighted by atomic mass is 9.66. The van der Waals surface area contributed by atoms with Crippen LogP contribution in [0.3, 0.4) is 0 Å². The fourth-order valence-corrected chi connectivity index (χ4v) is 5.61. The van der Waals surface area contributed by atoms with Crippen molar-refractivity contribution in [3.05, 3.63) is 156 Å². The van der Waals surface area contributed by atoms with Gasteiger partial charge >= 0.3 is 0 Å². The molecule has 1 aliphatic heterocycles. The molecule has 6 rings (SSSR count). The van der Waals surface area contributed by atoms with E-state index in [4.69, 9.17) is 0 Å². The van der Waals surface area contributed by atoms with Crippen LogP contribution in [0.5, 0.6) is 0 Å². The highest BCUT2D eigenvalue weighted by Gasteiger charge is 2.66. The van der Waals surface area contributed by atoms with Crippen LogP contribution in [-0.2, 0) is 11.3 Å². The first-order valence-electron chi connectivity index (χ1n) is 12.3. The van der Waals surface area contributed by atoms with Crippen LogP contribution < -0.4 is 0 Å². The van der Waals surface area contributed by atoms with E-state index in [0.717, 1.165) is 33.0 Å². The van der Waals surface area contributed by atoms with Gasteiger partial charge in [0, 0.05) is 6.54 Å². The lowest BCUT2D eigenvalue weighted by Gasteiger charge is -2.55. The molecule has 0 N–H and O–H groups in total. The summed E-state index contributed by atoms with van der Waals surface area (Å²) in [6.45, 7) is 0.365. The SMILES string of the molecule is O=C1N(Cc2ccccc2)[C@@H](c2ccccc2)[C@]1(F)C(c1ccccc1)c1ccc2ccccc2c1. The van der Waals surface area contributed by atoms with Gasteiger partial charge in [0.1, 0.15) is 6.04 Å². The molecule has 0 aliphatic carbocycles. The first-order chi connectivity index (χ1) is 17.7. The minimum Gasteiger partial charge on any atom is -0.325 e. The number of carbonyl (C=O) groups is 1. The van der Waals surface area contributed by atoms with Crippen LogP contribution in [0.1, 0.15) is 34.2 Å². The normalized spacial score (nSPS) is 20.2. The van der Waals surface area contributed by atoms with Gasteiger partial charge in [-0.05, 0) is 33.0 Å². The Hall–Kier alpha value is -4.24. The molecule has 3 atom stereocenters. The lowest BCUT2D eigenvalue weighted by molar-refractivity contribution is -0.181.